The van der Waals surface area contributed by atoms with Gasteiger partial charge in [0.25, 0.3) is 0 Å². The lowest BCUT2D eigenvalue weighted by Crippen LogP contribution is -2.44. The van der Waals surface area contributed by atoms with Crippen molar-refractivity contribution >= 4 is 33.2 Å². The van der Waals surface area contributed by atoms with Gasteiger partial charge in [0.2, 0.25) is 15.9 Å². The summed E-state index contributed by atoms with van der Waals surface area (Å²) in [6.45, 7) is 4.49. The van der Waals surface area contributed by atoms with E-state index in [0.717, 1.165) is 0 Å². The molecule has 0 spiro atoms. The molecule has 1 heterocycles. The van der Waals surface area contributed by atoms with Crippen LogP contribution in [0.15, 0.2) is 48.5 Å². The second-order valence-corrected chi connectivity index (χ2v) is 10.2. The lowest BCUT2D eigenvalue weighted by Gasteiger charge is -2.31. The minimum atomic E-state index is -3.52. The first-order valence-corrected chi connectivity index (χ1v) is 12.0. The summed E-state index contributed by atoms with van der Waals surface area (Å²) < 4.78 is 32.8. The second kappa shape index (κ2) is 9.81. The van der Waals surface area contributed by atoms with Gasteiger partial charge in [-0.1, -0.05) is 29.8 Å². The van der Waals surface area contributed by atoms with E-state index in [2.05, 4.69) is 5.32 Å². The van der Waals surface area contributed by atoms with Crippen molar-refractivity contribution in [3.8, 4) is 5.75 Å². The number of carbonyl (C=O) groups is 1. The summed E-state index contributed by atoms with van der Waals surface area (Å²) in [5.74, 6) is 0.00252. The predicted molar refractivity (Wildman–Crippen MR) is 119 cm³/mol. The van der Waals surface area contributed by atoms with E-state index in [-0.39, 0.29) is 24.3 Å². The molecule has 8 heteroatoms. The Balaban J connectivity index is 1.63. The van der Waals surface area contributed by atoms with Crippen molar-refractivity contribution in [2.45, 2.75) is 38.5 Å². The molecule has 1 atom stereocenters. The number of hydrogen-bond donors (Lipinski definition) is 1. The topological polar surface area (TPSA) is 75.7 Å². The molecule has 6 nitrogen and oxygen atoms in total. The molecule has 0 aromatic heterocycles. The number of piperidine rings is 1. The van der Waals surface area contributed by atoms with E-state index in [4.69, 9.17) is 16.3 Å². The van der Waals surface area contributed by atoms with Crippen LogP contribution in [-0.4, -0.2) is 37.8 Å². The maximum absolute atomic E-state index is 12.9. The maximum Gasteiger partial charge on any atom is 0.228 e. The van der Waals surface area contributed by atoms with E-state index in [1.54, 1.807) is 36.4 Å². The first-order valence-electron chi connectivity index (χ1n) is 10.0. The molecule has 1 amide bonds. The molecule has 1 fully saturated rings. The summed E-state index contributed by atoms with van der Waals surface area (Å²) in [6.07, 6.45) is 1.34. The van der Waals surface area contributed by atoms with Gasteiger partial charge in [0.1, 0.15) is 5.75 Å². The van der Waals surface area contributed by atoms with Crippen LogP contribution in [0, 0.1) is 5.92 Å². The molecule has 1 N–H and O–H groups in total. The largest absolute Gasteiger partial charge is 0.491 e. The fourth-order valence-electron chi connectivity index (χ4n) is 3.46. The van der Waals surface area contributed by atoms with Crippen molar-refractivity contribution in [3.63, 3.8) is 0 Å². The normalized spacial score (nSPS) is 17.7. The number of anilines is 1. The molecule has 0 bridgehead atoms. The number of nitrogens with zero attached hydrogens (tertiary/aromatic N) is 1. The number of benzene rings is 2. The van der Waals surface area contributed by atoms with Crippen molar-refractivity contribution in [1.82, 2.24) is 4.31 Å². The Hall–Kier alpha value is -2.09. The molecule has 2 aromatic rings. The van der Waals surface area contributed by atoms with E-state index in [1.165, 1.54) is 4.31 Å². The minimum absolute atomic E-state index is 0.0358. The standard InChI is InChI=1S/C22H27ClN2O4S/c1-16(2)29-21-7-3-6-20(13-21)24-22(26)18-5-4-12-25(14-18)30(27,28)15-17-8-10-19(23)11-9-17/h3,6-11,13,16,18H,4-5,12,14-15H2,1-2H3,(H,24,26)/t18-/m0/s1. The van der Waals surface area contributed by atoms with E-state index in [1.807, 2.05) is 26.0 Å². The minimum Gasteiger partial charge on any atom is -0.491 e. The highest BCUT2D eigenvalue weighted by molar-refractivity contribution is 7.88. The molecular weight excluding hydrogens is 424 g/mol. The van der Waals surface area contributed by atoms with Crippen LogP contribution in [0.1, 0.15) is 32.3 Å². The van der Waals surface area contributed by atoms with E-state index >= 15 is 0 Å². The number of amides is 1. The Bertz CT molecular complexity index is 977. The summed E-state index contributed by atoms with van der Waals surface area (Å²) in [6, 6.07) is 14.0. The third kappa shape index (κ3) is 6.20. The Kier molecular flexibility index (Phi) is 7.39. The van der Waals surface area contributed by atoms with Crippen molar-refractivity contribution in [2.24, 2.45) is 5.92 Å². The summed E-state index contributed by atoms with van der Waals surface area (Å²) >= 11 is 5.87. The average Bonchev–Trinajstić information content (AvgIpc) is 2.69. The Morgan fingerprint density at radius 1 is 1.23 bits per heavy atom. The molecular formula is C22H27ClN2O4S. The molecule has 0 saturated carbocycles. The Labute approximate surface area is 183 Å². The van der Waals surface area contributed by atoms with E-state index in [0.29, 0.717) is 41.4 Å². The highest BCUT2D eigenvalue weighted by Gasteiger charge is 2.32. The average molecular weight is 451 g/mol. The van der Waals surface area contributed by atoms with Gasteiger partial charge in [-0.05, 0) is 56.5 Å². The lowest BCUT2D eigenvalue weighted by molar-refractivity contribution is -0.120. The molecule has 30 heavy (non-hydrogen) atoms. The van der Waals surface area contributed by atoms with Crippen LogP contribution >= 0.6 is 11.6 Å². The Morgan fingerprint density at radius 2 is 1.97 bits per heavy atom. The van der Waals surface area contributed by atoms with Crippen LogP contribution < -0.4 is 10.1 Å². The number of nitrogens with one attached hydrogen (secondary N) is 1. The van der Waals surface area contributed by atoms with Crippen molar-refractivity contribution < 1.29 is 17.9 Å². The molecule has 0 aliphatic carbocycles. The van der Waals surface area contributed by atoms with Crippen LogP contribution in [0.25, 0.3) is 0 Å². The van der Waals surface area contributed by atoms with Gasteiger partial charge in [-0.15, -0.1) is 0 Å². The van der Waals surface area contributed by atoms with Gasteiger partial charge in [0, 0.05) is 29.9 Å². The van der Waals surface area contributed by atoms with Crippen LogP contribution in [0.5, 0.6) is 5.75 Å². The summed E-state index contributed by atoms with van der Waals surface area (Å²) in [5.41, 5.74) is 1.31. The molecule has 0 unspecified atom stereocenters. The molecule has 2 aromatic carbocycles. The van der Waals surface area contributed by atoms with Crippen LogP contribution in [0.4, 0.5) is 5.69 Å². The third-order valence-corrected chi connectivity index (χ3v) is 6.95. The van der Waals surface area contributed by atoms with Gasteiger partial charge in [-0.3, -0.25) is 4.79 Å². The molecule has 0 radical (unpaired) electrons. The van der Waals surface area contributed by atoms with Crippen LogP contribution in [0.3, 0.4) is 0 Å². The van der Waals surface area contributed by atoms with Crippen LogP contribution in [-0.2, 0) is 20.6 Å². The van der Waals surface area contributed by atoms with Gasteiger partial charge in [0.15, 0.2) is 0 Å². The molecule has 1 aliphatic heterocycles. The first-order chi connectivity index (χ1) is 14.2. The highest BCUT2D eigenvalue weighted by Crippen LogP contribution is 2.24. The fourth-order valence-corrected chi connectivity index (χ4v) is 5.19. The van der Waals surface area contributed by atoms with E-state index in [9.17, 15) is 13.2 Å². The zero-order chi connectivity index (χ0) is 21.7. The maximum atomic E-state index is 12.9. The van der Waals surface area contributed by atoms with Gasteiger partial charge < -0.3 is 10.1 Å². The molecule has 1 aliphatic rings. The molecule has 162 valence electrons. The number of hydrogen-bond acceptors (Lipinski definition) is 4. The zero-order valence-electron chi connectivity index (χ0n) is 17.2. The van der Waals surface area contributed by atoms with Crippen molar-refractivity contribution in [1.29, 1.82) is 0 Å². The Morgan fingerprint density at radius 3 is 2.67 bits per heavy atom. The first kappa shape index (κ1) is 22.6. The summed E-state index contributed by atoms with van der Waals surface area (Å²) in [5, 5.41) is 3.46. The monoisotopic (exact) mass is 450 g/mol. The number of ether oxygens (including phenoxy) is 1. The van der Waals surface area contributed by atoms with Crippen molar-refractivity contribution in [2.75, 3.05) is 18.4 Å². The number of carbonyl (C=O) groups excluding carboxylic acids is 1. The molecule has 3 rings (SSSR count). The highest BCUT2D eigenvalue weighted by atomic mass is 35.5. The lowest BCUT2D eigenvalue weighted by atomic mass is 9.98. The SMILES string of the molecule is CC(C)Oc1cccc(NC(=O)[C@H]2CCCN(S(=O)(=O)Cc3ccc(Cl)cc3)C2)c1. The molecule has 1 saturated heterocycles. The third-order valence-electron chi connectivity index (χ3n) is 4.88. The smallest absolute Gasteiger partial charge is 0.228 e. The van der Waals surface area contributed by atoms with E-state index < -0.39 is 15.9 Å². The summed E-state index contributed by atoms with van der Waals surface area (Å²) in [4.78, 5) is 12.8. The van der Waals surface area contributed by atoms with Gasteiger partial charge in [0.05, 0.1) is 17.8 Å². The predicted octanol–water partition coefficient (Wildman–Crippen LogP) is 4.31. The van der Waals surface area contributed by atoms with Gasteiger partial charge in [-0.25, -0.2) is 12.7 Å². The fraction of sp³-hybridized carbons (Fsp3) is 0.409. The van der Waals surface area contributed by atoms with Crippen molar-refractivity contribution in [3.05, 3.63) is 59.1 Å². The number of halogens is 1. The van der Waals surface area contributed by atoms with Crippen LogP contribution in [0.2, 0.25) is 5.02 Å². The number of rotatable bonds is 7. The summed E-state index contributed by atoms with van der Waals surface area (Å²) in [7, 11) is -3.52. The quantitative estimate of drug-likeness (QED) is 0.682. The second-order valence-electron chi connectivity index (χ2n) is 7.76. The zero-order valence-corrected chi connectivity index (χ0v) is 18.7. The van der Waals surface area contributed by atoms with Gasteiger partial charge >= 0.3 is 0 Å². The van der Waals surface area contributed by atoms with Gasteiger partial charge in [-0.2, -0.15) is 0 Å². The number of sulfonamides is 1.